The Kier molecular flexibility index (Phi) is 3.10. The topological polar surface area (TPSA) is 66.1 Å². The quantitative estimate of drug-likeness (QED) is 0.863. The average Bonchev–Trinajstić information content (AvgIpc) is 2.98. The summed E-state index contributed by atoms with van der Waals surface area (Å²) in [5.74, 6) is -0.595. The Labute approximate surface area is 116 Å². The molecule has 1 unspecified atom stereocenters. The molecule has 3 rings (SSSR count). The summed E-state index contributed by atoms with van der Waals surface area (Å²) < 4.78 is 0. The van der Waals surface area contributed by atoms with Crippen LogP contribution in [-0.2, 0) is 16.1 Å². The number of nitrogens with zero attached hydrogens (tertiary/aromatic N) is 2. The fraction of sp³-hybridized carbons (Fsp3) is 0.267. The minimum absolute atomic E-state index is 0.121. The van der Waals surface area contributed by atoms with Gasteiger partial charge in [-0.15, -0.1) is 0 Å². The molecule has 1 N–H and O–H groups in total. The maximum atomic E-state index is 12.4. The van der Waals surface area contributed by atoms with Crippen LogP contribution in [0.25, 0.3) is 0 Å². The van der Waals surface area contributed by atoms with Crippen molar-refractivity contribution < 1.29 is 9.59 Å². The molecule has 20 heavy (non-hydrogen) atoms. The van der Waals surface area contributed by atoms with E-state index in [4.69, 9.17) is 0 Å². The molecule has 1 saturated heterocycles. The van der Waals surface area contributed by atoms with Crippen molar-refractivity contribution >= 4 is 11.8 Å². The first-order valence-electron chi connectivity index (χ1n) is 6.55. The third-order valence-electron chi connectivity index (χ3n) is 3.71. The molecule has 1 aliphatic rings. The van der Waals surface area contributed by atoms with Crippen LogP contribution in [0.2, 0.25) is 0 Å². The van der Waals surface area contributed by atoms with E-state index in [0.717, 1.165) is 16.8 Å². The van der Waals surface area contributed by atoms with Gasteiger partial charge in [-0.2, -0.15) is 5.10 Å². The van der Waals surface area contributed by atoms with E-state index in [2.05, 4.69) is 10.2 Å². The summed E-state index contributed by atoms with van der Waals surface area (Å²) in [5, 5.41) is 6.73. The highest BCUT2D eigenvalue weighted by atomic mass is 16.2. The van der Waals surface area contributed by atoms with Gasteiger partial charge >= 0.3 is 0 Å². The van der Waals surface area contributed by atoms with Crippen molar-refractivity contribution in [3.63, 3.8) is 0 Å². The monoisotopic (exact) mass is 269 g/mol. The molecule has 0 aliphatic carbocycles. The third kappa shape index (κ3) is 2.11. The van der Waals surface area contributed by atoms with Gasteiger partial charge in [-0.05, 0) is 12.5 Å². The second kappa shape index (κ2) is 4.92. The number of imide groups is 1. The second-order valence-electron chi connectivity index (χ2n) is 5.01. The predicted molar refractivity (Wildman–Crippen MR) is 72.7 cm³/mol. The molecular weight excluding hydrogens is 254 g/mol. The van der Waals surface area contributed by atoms with Crippen LogP contribution < -0.4 is 0 Å². The highest BCUT2D eigenvalue weighted by Gasteiger charge is 2.39. The predicted octanol–water partition coefficient (Wildman–Crippen LogP) is 1.76. The molecule has 0 saturated carbocycles. The van der Waals surface area contributed by atoms with E-state index in [-0.39, 0.29) is 24.2 Å². The molecule has 0 spiro atoms. The summed E-state index contributed by atoms with van der Waals surface area (Å²) in [6.45, 7) is 2.17. The number of aryl methyl sites for hydroxylation is 1. The van der Waals surface area contributed by atoms with Gasteiger partial charge in [0.05, 0.1) is 18.7 Å². The molecule has 1 aromatic carbocycles. The Morgan fingerprint density at radius 2 is 2.05 bits per heavy atom. The number of carbonyl (C=O) groups excluding carboxylic acids is 2. The van der Waals surface area contributed by atoms with Crippen LogP contribution in [0.3, 0.4) is 0 Å². The van der Waals surface area contributed by atoms with E-state index in [1.165, 1.54) is 4.90 Å². The summed E-state index contributed by atoms with van der Waals surface area (Å²) in [4.78, 5) is 25.8. The van der Waals surface area contributed by atoms with E-state index in [1.807, 2.05) is 37.3 Å². The maximum Gasteiger partial charge on any atom is 0.237 e. The SMILES string of the molecule is Cc1[nH]ncc1CN1C(=O)CC(c2ccccc2)C1=O. The molecule has 2 heterocycles. The van der Waals surface area contributed by atoms with Crippen LogP contribution in [0.4, 0.5) is 0 Å². The number of carbonyl (C=O) groups is 2. The number of hydrogen-bond donors (Lipinski definition) is 1. The molecule has 5 nitrogen and oxygen atoms in total. The Hall–Kier alpha value is -2.43. The van der Waals surface area contributed by atoms with Crippen molar-refractivity contribution in [2.45, 2.75) is 25.8 Å². The lowest BCUT2D eigenvalue weighted by atomic mass is 9.98. The lowest BCUT2D eigenvalue weighted by Crippen LogP contribution is -2.29. The zero-order chi connectivity index (χ0) is 14.1. The molecule has 1 aromatic heterocycles. The van der Waals surface area contributed by atoms with E-state index >= 15 is 0 Å². The van der Waals surface area contributed by atoms with Crippen molar-refractivity contribution in [1.82, 2.24) is 15.1 Å². The molecule has 0 radical (unpaired) electrons. The second-order valence-corrected chi connectivity index (χ2v) is 5.01. The number of H-pyrrole nitrogens is 1. The Morgan fingerprint density at radius 1 is 1.30 bits per heavy atom. The van der Waals surface area contributed by atoms with Crippen molar-refractivity contribution in [3.05, 3.63) is 53.3 Å². The van der Waals surface area contributed by atoms with Gasteiger partial charge in [-0.1, -0.05) is 30.3 Å². The van der Waals surface area contributed by atoms with Crippen LogP contribution >= 0.6 is 0 Å². The first-order valence-corrected chi connectivity index (χ1v) is 6.55. The van der Waals surface area contributed by atoms with Crippen molar-refractivity contribution in [2.24, 2.45) is 0 Å². The Balaban J connectivity index is 1.83. The highest BCUT2D eigenvalue weighted by molar-refractivity contribution is 6.06. The lowest BCUT2D eigenvalue weighted by molar-refractivity contribution is -0.139. The molecule has 0 bridgehead atoms. The fourth-order valence-electron chi connectivity index (χ4n) is 2.50. The molecular formula is C15H15N3O2. The summed E-state index contributed by atoms with van der Waals surface area (Å²) in [7, 11) is 0. The first-order chi connectivity index (χ1) is 9.66. The zero-order valence-corrected chi connectivity index (χ0v) is 11.2. The number of aromatic nitrogens is 2. The molecule has 2 amide bonds. The van der Waals surface area contributed by atoms with Gasteiger partial charge in [0.1, 0.15) is 0 Å². The summed E-state index contributed by atoms with van der Waals surface area (Å²) in [6.07, 6.45) is 1.91. The molecule has 1 fully saturated rings. The van der Waals surface area contributed by atoms with Gasteiger partial charge in [-0.25, -0.2) is 0 Å². The average molecular weight is 269 g/mol. The molecule has 1 atom stereocenters. The number of rotatable bonds is 3. The van der Waals surface area contributed by atoms with Crippen LogP contribution in [-0.4, -0.2) is 26.9 Å². The number of hydrogen-bond acceptors (Lipinski definition) is 3. The molecule has 5 heteroatoms. The Bertz CT molecular complexity index is 648. The van der Waals surface area contributed by atoms with Crippen molar-refractivity contribution in [1.29, 1.82) is 0 Å². The number of nitrogens with one attached hydrogen (secondary N) is 1. The van der Waals surface area contributed by atoms with Gasteiger partial charge in [0.15, 0.2) is 0 Å². The van der Waals surface area contributed by atoms with Crippen LogP contribution in [0, 0.1) is 6.92 Å². The van der Waals surface area contributed by atoms with Gasteiger partial charge < -0.3 is 0 Å². The number of aromatic amines is 1. The molecule has 2 aromatic rings. The van der Waals surface area contributed by atoms with E-state index in [9.17, 15) is 9.59 Å². The largest absolute Gasteiger partial charge is 0.283 e. The summed E-state index contributed by atoms with van der Waals surface area (Å²) in [5.41, 5.74) is 2.66. The van der Waals surface area contributed by atoms with E-state index in [0.29, 0.717) is 6.54 Å². The smallest absolute Gasteiger partial charge is 0.237 e. The third-order valence-corrected chi connectivity index (χ3v) is 3.71. The lowest BCUT2D eigenvalue weighted by Gasteiger charge is -2.14. The fourth-order valence-corrected chi connectivity index (χ4v) is 2.50. The zero-order valence-electron chi connectivity index (χ0n) is 11.2. The normalized spacial score (nSPS) is 18.9. The van der Waals surface area contributed by atoms with Crippen LogP contribution in [0.1, 0.15) is 29.2 Å². The number of amides is 2. The van der Waals surface area contributed by atoms with Crippen molar-refractivity contribution in [3.8, 4) is 0 Å². The summed E-state index contributed by atoms with van der Waals surface area (Å²) >= 11 is 0. The van der Waals surface area contributed by atoms with Gasteiger partial charge in [-0.3, -0.25) is 19.6 Å². The highest BCUT2D eigenvalue weighted by Crippen LogP contribution is 2.30. The standard InChI is InChI=1S/C15H15N3O2/c1-10-12(8-16-17-10)9-18-14(19)7-13(15(18)20)11-5-3-2-4-6-11/h2-6,8,13H,7,9H2,1H3,(H,16,17). The van der Waals surface area contributed by atoms with Gasteiger partial charge in [0.25, 0.3) is 0 Å². The van der Waals surface area contributed by atoms with E-state index < -0.39 is 0 Å². The van der Waals surface area contributed by atoms with Gasteiger partial charge in [0, 0.05) is 17.7 Å². The first kappa shape index (κ1) is 12.6. The Morgan fingerprint density at radius 3 is 2.70 bits per heavy atom. The molecule has 102 valence electrons. The van der Waals surface area contributed by atoms with Crippen LogP contribution in [0.5, 0.6) is 0 Å². The minimum atomic E-state index is -0.351. The number of likely N-dealkylation sites (tertiary alicyclic amines) is 1. The summed E-state index contributed by atoms with van der Waals surface area (Å²) in [6, 6.07) is 9.45. The maximum absolute atomic E-state index is 12.4. The van der Waals surface area contributed by atoms with Crippen LogP contribution in [0.15, 0.2) is 36.5 Å². The minimum Gasteiger partial charge on any atom is -0.283 e. The van der Waals surface area contributed by atoms with E-state index in [1.54, 1.807) is 6.20 Å². The molecule has 1 aliphatic heterocycles. The van der Waals surface area contributed by atoms with Crippen molar-refractivity contribution in [2.75, 3.05) is 0 Å². The number of benzene rings is 1. The van der Waals surface area contributed by atoms with Gasteiger partial charge in [0.2, 0.25) is 11.8 Å².